The normalized spacial score (nSPS) is 8.50. The Labute approximate surface area is 51.8 Å². The second-order valence-electron chi connectivity index (χ2n) is 1.42. The van der Waals surface area contributed by atoms with E-state index in [2.05, 4.69) is 9.22 Å². The largest absolute Gasteiger partial charge is 0.259 e. The molecule has 8 heavy (non-hydrogen) atoms. The Balaban J connectivity index is 3.05. The van der Waals surface area contributed by atoms with Gasteiger partial charge in [0.1, 0.15) is 0 Å². The van der Waals surface area contributed by atoms with Gasteiger partial charge in [0.15, 0.2) is 0 Å². The zero-order valence-corrected chi connectivity index (χ0v) is 5.20. The lowest BCUT2D eigenvalue weighted by Gasteiger charge is -1.66. The van der Waals surface area contributed by atoms with Crippen LogP contribution in [0.2, 0.25) is 0 Å². The Morgan fingerprint density at radius 3 is 2.88 bits per heavy atom. The molecule has 0 aromatic carbocycles. The molecular formula is C5H4N2S. The minimum absolute atomic E-state index is 0.669. The lowest BCUT2D eigenvalue weighted by molar-refractivity contribution is 1.35. The van der Waals surface area contributed by atoms with E-state index in [0.717, 1.165) is 5.69 Å². The lowest BCUT2D eigenvalue weighted by Crippen LogP contribution is -1.58. The van der Waals surface area contributed by atoms with E-state index in [1.807, 2.05) is 6.92 Å². The second-order valence-corrected chi connectivity index (χ2v) is 2.20. The van der Waals surface area contributed by atoms with Crippen LogP contribution in [-0.4, -0.2) is 4.37 Å². The van der Waals surface area contributed by atoms with Crippen molar-refractivity contribution in [1.82, 2.24) is 4.37 Å². The van der Waals surface area contributed by atoms with Gasteiger partial charge in [-0.3, -0.25) is 0 Å². The summed E-state index contributed by atoms with van der Waals surface area (Å²) in [6, 6.07) is 1.78. The Morgan fingerprint density at radius 1 is 1.88 bits per heavy atom. The number of aryl methyl sites for hydroxylation is 1. The zero-order chi connectivity index (χ0) is 5.98. The Hall–Kier alpha value is -0.880. The first-order chi connectivity index (χ1) is 3.83. The fraction of sp³-hybridized carbons (Fsp3) is 0.200. The average Bonchev–Trinajstić information content (AvgIpc) is 2.14. The molecule has 0 unspecified atom stereocenters. The zero-order valence-electron chi connectivity index (χ0n) is 4.38. The molecule has 3 heteroatoms. The van der Waals surface area contributed by atoms with Gasteiger partial charge in [0.25, 0.3) is 5.00 Å². The van der Waals surface area contributed by atoms with Gasteiger partial charge in [-0.1, -0.05) is 11.5 Å². The minimum atomic E-state index is 0.669. The van der Waals surface area contributed by atoms with Crippen LogP contribution >= 0.6 is 11.5 Å². The van der Waals surface area contributed by atoms with Crippen molar-refractivity contribution in [2.45, 2.75) is 6.92 Å². The van der Waals surface area contributed by atoms with Gasteiger partial charge < -0.3 is 0 Å². The average molecular weight is 124 g/mol. The van der Waals surface area contributed by atoms with Crippen molar-refractivity contribution < 1.29 is 0 Å². The van der Waals surface area contributed by atoms with Gasteiger partial charge in [0.05, 0.1) is 6.57 Å². The van der Waals surface area contributed by atoms with Gasteiger partial charge in [-0.15, -0.1) is 0 Å². The number of rotatable bonds is 0. The van der Waals surface area contributed by atoms with Crippen molar-refractivity contribution >= 4 is 16.5 Å². The molecule has 1 aromatic heterocycles. The summed E-state index contributed by atoms with van der Waals surface area (Å²) in [6.45, 7) is 8.43. The molecule has 0 amide bonds. The Kier molecular flexibility index (Phi) is 1.27. The molecule has 0 N–H and O–H groups in total. The van der Waals surface area contributed by atoms with Crippen LogP contribution in [-0.2, 0) is 0 Å². The molecule has 40 valence electrons. The third-order valence-electron chi connectivity index (χ3n) is 0.726. The van der Waals surface area contributed by atoms with Crippen molar-refractivity contribution in [2.24, 2.45) is 0 Å². The van der Waals surface area contributed by atoms with Gasteiger partial charge in [-0.2, -0.15) is 0 Å². The molecule has 0 aliphatic rings. The van der Waals surface area contributed by atoms with E-state index in [0.29, 0.717) is 5.00 Å². The van der Waals surface area contributed by atoms with E-state index in [9.17, 15) is 0 Å². The third kappa shape index (κ3) is 0.849. The highest BCUT2D eigenvalue weighted by atomic mass is 32.1. The van der Waals surface area contributed by atoms with Crippen LogP contribution in [0.15, 0.2) is 6.07 Å². The highest BCUT2D eigenvalue weighted by molar-refractivity contribution is 7.10. The predicted molar refractivity (Wildman–Crippen MR) is 33.1 cm³/mol. The van der Waals surface area contributed by atoms with Gasteiger partial charge in [0, 0.05) is 5.69 Å². The first-order valence-electron chi connectivity index (χ1n) is 2.13. The van der Waals surface area contributed by atoms with Crippen LogP contribution in [0, 0.1) is 13.5 Å². The highest BCUT2D eigenvalue weighted by Crippen LogP contribution is 2.18. The molecule has 0 bridgehead atoms. The van der Waals surface area contributed by atoms with E-state index >= 15 is 0 Å². The van der Waals surface area contributed by atoms with Crippen molar-refractivity contribution in [3.63, 3.8) is 0 Å². The minimum Gasteiger partial charge on any atom is -0.225 e. The van der Waals surface area contributed by atoms with E-state index in [-0.39, 0.29) is 0 Å². The molecule has 1 aromatic rings. The van der Waals surface area contributed by atoms with Crippen LogP contribution in [0.3, 0.4) is 0 Å². The molecule has 0 radical (unpaired) electrons. The van der Waals surface area contributed by atoms with E-state index in [4.69, 9.17) is 6.57 Å². The maximum absolute atomic E-state index is 6.55. The molecule has 0 saturated heterocycles. The van der Waals surface area contributed by atoms with Gasteiger partial charge >= 0.3 is 0 Å². The quantitative estimate of drug-likeness (QED) is 0.483. The summed E-state index contributed by atoms with van der Waals surface area (Å²) in [5.74, 6) is 0. The highest BCUT2D eigenvalue weighted by Gasteiger charge is 1.92. The molecule has 1 rings (SSSR count). The van der Waals surface area contributed by atoms with Crippen molar-refractivity contribution in [1.29, 1.82) is 0 Å². The molecule has 2 nitrogen and oxygen atoms in total. The molecule has 0 atom stereocenters. The van der Waals surface area contributed by atoms with Gasteiger partial charge in [-0.25, -0.2) is 9.22 Å². The summed E-state index contributed by atoms with van der Waals surface area (Å²) < 4.78 is 3.92. The number of nitrogens with zero attached hydrogens (tertiary/aromatic N) is 2. The van der Waals surface area contributed by atoms with Crippen molar-refractivity contribution in [3.05, 3.63) is 23.2 Å². The van der Waals surface area contributed by atoms with Crippen LogP contribution in [0.1, 0.15) is 5.69 Å². The van der Waals surface area contributed by atoms with Gasteiger partial charge in [-0.05, 0) is 13.0 Å². The third-order valence-corrected chi connectivity index (χ3v) is 1.50. The smallest absolute Gasteiger partial charge is 0.225 e. The second kappa shape index (κ2) is 1.93. The topological polar surface area (TPSA) is 17.2 Å². The standard InChI is InChI=1S/C5H4N2S/c1-4-3-5(6-2)8-7-4/h3H,1H3. The molecule has 0 saturated carbocycles. The summed E-state index contributed by atoms with van der Waals surface area (Å²) in [5, 5.41) is 0.669. The van der Waals surface area contributed by atoms with Crippen LogP contribution < -0.4 is 0 Å². The fourth-order valence-electron chi connectivity index (χ4n) is 0.403. The fourth-order valence-corrected chi connectivity index (χ4v) is 0.957. The molecule has 0 spiro atoms. The number of hydrogen-bond acceptors (Lipinski definition) is 2. The van der Waals surface area contributed by atoms with Crippen LogP contribution in [0.5, 0.6) is 0 Å². The summed E-state index contributed by atoms with van der Waals surface area (Å²) >= 11 is 1.25. The molecule has 0 fully saturated rings. The maximum Gasteiger partial charge on any atom is 0.259 e. The monoisotopic (exact) mass is 124 g/mol. The Bertz CT molecular complexity index is 221. The first kappa shape index (κ1) is 5.26. The number of hydrogen-bond donors (Lipinski definition) is 0. The maximum atomic E-state index is 6.55. The van der Waals surface area contributed by atoms with E-state index < -0.39 is 0 Å². The first-order valence-corrected chi connectivity index (χ1v) is 2.91. The molecular weight excluding hydrogens is 120 g/mol. The molecule has 1 heterocycles. The van der Waals surface area contributed by atoms with E-state index in [1.54, 1.807) is 6.07 Å². The van der Waals surface area contributed by atoms with Crippen molar-refractivity contribution in [2.75, 3.05) is 0 Å². The van der Waals surface area contributed by atoms with Crippen molar-refractivity contribution in [3.8, 4) is 0 Å². The predicted octanol–water partition coefficient (Wildman–Crippen LogP) is 2.00. The summed E-state index contributed by atoms with van der Waals surface area (Å²) in [6.07, 6.45) is 0. The summed E-state index contributed by atoms with van der Waals surface area (Å²) in [5.41, 5.74) is 0.931. The molecule has 0 aliphatic heterocycles. The number of aromatic nitrogens is 1. The van der Waals surface area contributed by atoms with Gasteiger partial charge in [0.2, 0.25) is 0 Å². The Morgan fingerprint density at radius 2 is 2.62 bits per heavy atom. The summed E-state index contributed by atoms with van der Waals surface area (Å²) in [7, 11) is 0. The summed E-state index contributed by atoms with van der Waals surface area (Å²) in [4.78, 5) is 3.20. The lowest BCUT2D eigenvalue weighted by atomic mass is 10.5. The van der Waals surface area contributed by atoms with Crippen LogP contribution in [0.25, 0.3) is 4.85 Å². The van der Waals surface area contributed by atoms with E-state index in [1.165, 1.54) is 11.5 Å². The van der Waals surface area contributed by atoms with Crippen LogP contribution in [0.4, 0.5) is 5.00 Å². The SMILES string of the molecule is [C-]#[N+]c1cc(C)ns1. The molecule has 0 aliphatic carbocycles.